The maximum Gasteiger partial charge on any atom is 0.293 e. The van der Waals surface area contributed by atoms with Crippen LogP contribution in [0.3, 0.4) is 0 Å². The fourth-order valence-electron chi connectivity index (χ4n) is 2.44. The Balaban J connectivity index is 2.08. The van der Waals surface area contributed by atoms with Crippen LogP contribution in [0.5, 0.6) is 0 Å². The number of nitrogen functional groups attached to an aromatic ring is 1. The first-order chi connectivity index (χ1) is 11.8. The topological polar surface area (TPSA) is 151 Å². The SMILES string of the molecule is CC(=O)Nc1ccc(-c2nc3ccc(C(=N)N)cc3[nH]2)cc1[N+](=O)[O-]. The number of amidine groups is 1. The van der Waals surface area contributed by atoms with E-state index in [0.717, 1.165) is 0 Å². The lowest BCUT2D eigenvalue weighted by Gasteiger charge is -2.05. The molecule has 9 heteroatoms. The number of imidazole rings is 1. The number of aromatic amines is 1. The number of hydrogen-bond acceptors (Lipinski definition) is 5. The Morgan fingerprint density at radius 3 is 2.72 bits per heavy atom. The van der Waals surface area contributed by atoms with E-state index in [-0.39, 0.29) is 17.2 Å². The third-order valence-electron chi connectivity index (χ3n) is 3.57. The van der Waals surface area contributed by atoms with Gasteiger partial charge in [0.25, 0.3) is 5.69 Å². The summed E-state index contributed by atoms with van der Waals surface area (Å²) in [5.41, 5.74) is 7.73. The Bertz CT molecular complexity index is 1020. The largest absolute Gasteiger partial charge is 0.384 e. The van der Waals surface area contributed by atoms with Gasteiger partial charge in [0.05, 0.1) is 16.0 Å². The summed E-state index contributed by atoms with van der Waals surface area (Å²) in [6.45, 7) is 1.28. The average molecular weight is 338 g/mol. The zero-order valence-corrected chi connectivity index (χ0v) is 13.2. The minimum Gasteiger partial charge on any atom is -0.384 e. The zero-order valence-electron chi connectivity index (χ0n) is 13.2. The standard InChI is InChI=1S/C16H14N6O3/c1-8(23)19-12-5-3-10(7-14(12)22(24)25)16-20-11-4-2-9(15(17)18)6-13(11)21-16/h2-7H,1H3,(H3,17,18)(H,19,23)(H,20,21). The summed E-state index contributed by atoms with van der Waals surface area (Å²) in [6, 6.07) is 9.51. The van der Waals surface area contributed by atoms with Gasteiger partial charge in [-0.3, -0.25) is 20.3 Å². The van der Waals surface area contributed by atoms with Crippen LogP contribution in [0.1, 0.15) is 12.5 Å². The summed E-state index contributed by atoms with van der Waals surface area (Å²) in [4.78, 5) is 29.3. The van der Waals surface area contributed by atoms with Crippen LogP contribution < -0.4 is 11.1 Å². The summed E-state index contributed by atoms with van der Waals surface area (Å²) < 4.78 is 0. The van der Waals surface area contributed by atoms with Crippen molar-refractivity contribution < 1.29 is 9.72 Å². The van der Waals surface area contributed by atoms with Crippen molar-refractivity contribution >= 4 is 34.2 Å². The van der Waals surface area contributed by atoms with E-state index in [1.165, 1.54) is 19.1 Å². The molecule has 3 rings (SSSR count). The molecule has 5 N–H and O–H groups in total. The molecule has 0 aliphatic heterocycles. The summed E-state index contributed by atoms with van der Waals surface area (Å²) in [5, 5.41) is 21.2. The molecule has 9 nitrogen and oxygen atoms in total. The molecule has 1 heterocycles. The number of anilines is 1. The number of nitrogens with two attached hydrogens (primary N) is 1. The fourth-order valence-corrected chi connectivity index (χ4v) is 2.44. The highest BCUT2D eigenvalue weighted by Gasteiger charge is 2.17. The number of rotatable bonds is 4. The van der Waals surface area contributed by atoms with Gasteiger partial charge < -0.3 is 16.0 Å². The van der Waals surface area contributed by atoms with Crippen molar-refractivity contribution in [3.63, 3.8) is 0 Å². The molecule has 2 aromatic carbocycles. The molecule has 0 saturated heterocycles. The van der Waals surface area contributed by atoms with Gasteiger partial charge in [-0.1, -0.05) is 0 Å². The van der Waals surface area contributed by atoms with E-state index in [1.807, 2.05) is 0 Å². The Labute approximate surface area is 141 Å². The monoisotopic (exact) mass is 338 g/mol. The van der Waals surface area contributed by atoms with Crippen LogP contribution in [-0.2, 0) is 4.79 Å². The molecule has 1 aromatic heterocycles. The van der Waals surface area contributed by atoms with Gasteiger partial charge in [-0.15, -0.1) is 0 Å². The number of fused-ring (bicyclic) bond motifs is 1. The number of nitro benzene ring substituents is 1. The molecule has 0 radical (unpaired) electrons. The highest BCUT2D eigenvalue weighted by Crippen LogP contribution is 2.30. The van der Waals surface area contributed by atoms with Gasteiger partial charge in [-0.05, 0) is 30.3 Å². The molecular formula is C16H14N6O3. The molecule has 0 aliphatic rings. The Hall–Kier alpha value is -3.75. The molecule has 0 atom stereocenters. The molecule has 0 fully saturated rings. The first kappa shape index (κ1) is 16.1. The van der Waals surface area contributed by atoms with Crippen molar-refractivity contribution in [3.8, 4) is 11.4 Å². The molecule has 126 valence electrons. The molecule has 1 amide bonds. The molecule has 0 aliphatic carbocycles. The second kappa shape index (κ2) is 6.04. The van der Waals surface area contributed by atoms with Crippen molar-refractivity contribution in [3.05, 3.63) is 52.1 Å². The minimum atomic E-state index is -0.564. The number of carbonyl (C=O) groups is 1. The predicted octanol–water partition coefficient (Wildman–Crippen LogP) is 2.38. The number of H-pyrrole nitrogens is 1. The Kier molecular flexibility index (Phi) is 3.89. The van der Waals surface area contributed by atoms with Gasteiger partial charge in [-0.2, -0.15) is 0 Å². The molecule has 0 bridgehead atoms. The second-order valence-electron chi connectivity index (χ2n) is 5.40. The normalized spacial score (nSPS) is 10.6. The lowest BCUT2D eigenvalue weighted by molar-refractivity contribution is -0.383. The summed E-state index contributed by atoms with van der Waals surface area (Å²) >= 11 is 0. The molecular weight excluding hydrogens is 324 g/mol. The van der Waals surface area contributed by atoms with Crippen LogP contribution in [-0.4, -0.2) is 26.6 Å². The zero-order chi connectivity index (χ0) is 18.1. The summed E-state index contributed by atoms with van der Waals surface area (Å²) in [7, 11) is 0. The third-order valence-corrected chi connectivity index (χ3v) is 3.57. The lowest BCUT2D eigenvalue weighted by atomic mass is 10.1. The summed E-state index contributed by atoms with van der Waals surface area (Å²) in [5.74, 6) is -0.0159. The first-order valence-electron chi connectivity index (χ1n) is 7.25. The minimum absolute atomic E-state index is 0.0617. The van der Waals surface area contributed by atoms with Gasteiger partial charge in [0.15, 0.2) is 0 Å². The summed E-state index contributed by atoms with van der Waals surface area (Å²) in [6.07, 6.45) is 0. The van der Waals surface area contributed by atoms with Gasteiger partial charge in [0, 0.05) is 24.1 Å². The van der Waals surface area contributed by atoms with Gasteiger partial charge >= 0.3 is 0 Å². The third kappa shape index (κ3) is 3.15. The molecule has 0 unspecified atom stereocenters. The quantitative estimate of drug-likeness (QED) is 0.249. The fraction of sp³-hybridized carbons (Fsp3) is 0.0625. The van der Waals surface area contributed by atoms with Crippen molar-refractivity contribution in [1.82, 2.24) is 9.97 Å². The second-order valence-corrected chi connectivity index (χ2v) is 5.40. The van der Waals surface area contributed by atoms with E-state index in [2.05, 4.69) is 15.3 Å². The van der Waals surface area contributed by atoms with Crippen LogP contribution in [0.15, 0.2) is 36.4 Å². The van der Waals surface area contributed by atoms with E-state index in [9.17, 15) is 14.9 Å². The molecule has 25 heavy (non-hydrogen) atoms. The maximum atomic E-state index is 11.3. The number of hydrogen-bond donors (Lipinski definition) is 4. The van der Waals surface area contributed by atoms with E-state index < -0.39 is 10.8 Å². The predicted molar refractivity (Wildman–Crippen MR) is 93.5 cm³/mol. The van der Waals surface area contributed by atoms with Crippen LogP contribution >= 0.6 is 0 Å². The Morgan fingerprint density at radius 2 is 2.08 bits per heavy atom. The van der Waals surface area contributed by atoms with Gasteiger partial charge in [0.1, 0.15) is 17.3 Å². The van der Waals surface area contributed by atoms with E-state index in [0.29, 0.717) is 28.0 Å². The smallest absolute Gasteiger partial charge is 0.293 e. The maximum absolute atomic E-state index is 11.3. The highest BCUT2D eigenvalue weighted by atomic mass is 16.6. The van der Waals surface area contributed by atoms with E-state index in [1.54, 1.807) is 24.3 Å². The van der Waals surface area contributed by atoms with Gasteiger partial charge in [0.2, 0.25) is 5.91 Å². The number of nitrogens with one attached hydrogen (secondary N) is 3. The first-order valence-corrected chi connectivity index (χ1v) is 7.25. The van der Waals surface area contributed by atoms with Crippen LogP contribution in [0, 0.1) is 15.5 Å². The van der Waals surface area contributed by atoms with E-state index >= 15 is 0 Å². The van der Waals surface area contributed by atoms with Crippen LogP contribution in [0.4, 0.5) is 11.4 Å². The van der Waals surface area contributed by atoms with Crippen molar-refractivity contribution in [2.75, 3.05) is 5.32 Å². The number of nitro groups is 1. The lowest BCUT2D eigenvalue weighted by Crippen LogP contribution is -2.10. The molecule has 0 saturated carbocycles. The number of amides is 1. The molecule has 3 aromatic rings. The van der Waals surface area contributed by atoms with Crippen LogP contribution in [0.25, 0.3) is 22.4 Å². The number of aromatic nitrogens is 2. The number of benzene rings is 2. The van der Waals surface area contributed by atoms with Crippen molar-refractivity contribution in [2.45, 2.75) is 6.92 Å². The van der Waals surface area contributed by atoms with Crippen LogP contribution in [0.2, 0.25) is 0 Å². The average Bonchev–Trinajstić information content (AvgIpc) is 2.97. The molecule has 0 spiro atoms. The van der Waals surface area contributed by atoms with Crippen molar-refractivity contribution in [1.29, 1.82) is 5.41 Å². The Morgan fingerprint density at radius 1 is 1.32 bits per heavy atom. The highest BCUT2D eigenvalue weighted by molar-refractivity contribution is 5.98. The van der Waals surface area contributed by atoms with E-state index in [4.69, 9.17) is 11.1 Å². The number of nitrogens with zero attached hydrogens (tertiary/aromatic N) is 2. The van der Waals surface area contributed by atoms with Crippen molar-refractivity contribution in [2.24, 2.45) is 5.73 Å². The number of carbonyl (C=O) groups excluding carboxylic acids is 1. The van der Waals surface area contributed by atoms with Gasteiger partial charge in [-0.25, -0.2) is 4.98 Å².